The molecule has 0 aromatic heterocycles. The number of nitrogens with two attached hydrogens (primary N) is 1. The van der Waals surface area contributed by atoms with Crippen LogP contribution in [-0.2, 0) is 4.79 Å². The van der Waals surface area contributed by atoms with Gasteiger partial charge in [0.25, 0.3) is 0 Å². The van der Waals surface area contributed by atoms with Crippen LogP contribution in [0.15, 0.2) is 12.3 Å². The highest BCUT2D eigenvalue weighted by Crippen LogP contribution is 1.98. The molecule has 25 heavy (non-hydrogen) atoms. The third-order valence-electron chi connectivity index (χ3n) is 3.87. The number of amides is 1. The van der Waals surface area contributed by atoms with Crippen LogP contribution in [0.5, 0.6) is 0 Å². The molecule has 0 aliphatic rings. The number of carbonyl (C=O) groups excluding carboxylic acids is 1. The monoisotopic (exact) mass is 355 g/mol. The van der Waals surface area contributed by atoms with Crippen LogP contribution in [0.3, 0.4) is 0 Å². The van der Waals surface area contributed by atoms with Gasteiger partial charge in [-0.05, 0) is 77.7 Å². The quantitative estimate of drug-likeness (QED) is 0.226. The van der Waals surface area contributed by atoms with Crippen molar-refractivity contribution in [1.29, 1.82) is 0 Å². The third-order valence-corrected chi connectivity index (χ3v) is 3.87. The molecule has 0 rings (SSSR count). The van der Waals surface area contributed by atoms with Gasteiger partial charge >= 0.3 is 0 Å². The van der Waals surface area contributed by atoms with E-state index in [0.29, 0.717) is 6.42 Å². The number of unbranched alkanes of at least 4 members (excludes halogenated alkanes) is 1. The molecule has 6 nitrogen and oxygen atoms in total. The lowest BCUT2D eigenvalue weighted by atomic mass is 10.2. The molecule has 0 saturated carbocycles. The van der Waals surface area contributed by atoms with E-state index in [4.69, 9.17) is 5.73 Å². The lowest BCUT2D eigenvalue weighted by Gasteiger charge is -2.10. The minimum absolute atomic E-state index is 0.151. The molecule has 0 unspecified atom stereocenters. The molecule has 0 radical (unpaired) electrons. The van der Waals surface area contributed by atoms with Crippen molar-refractivity contribution in [3.8, 4) is 0 Å². The predicted octanol–water partition coefficient (Wildman–Crippen LogP) is 1.48. The Labute approximate surface area is 154 Å². The summed E-state index contributed by atoms with van der Waals surface area (Å²) < 4.78 is 0. The first-order valence-corrected chi connectivity index (χ1v) is 10.0. The summed E-state index contributed by atoms with van der Waals surface area (Å²) in [5, 5.41) is 13.2. The molecule has 6 heteroatoms. The van der Waals surface area contributed by atoms with Gasteiger partial charge in [0.05, 0.1) is 0 Å². The molecule has 1 amide bonds. The van der Waals surface area contributed by atoms with Crippen molar-refractivity contribution in [3.05, 3.63) is 12.3 Å². The van der Waals surface area contributed by atoms with E-state index in [1.165, 1.54) is 12.8 Å². The maximum absolute atomic E-state index is 11.3. The summed E-state index contributed by atoms with van der Waals surface area (Å²) in [6, 6.07) is 0. The second-order valence-corrected chi connectivity index (χ2v) is 6.44. The topological polar surface area (TPSA) is 91.2 Å². The zero-order valence-corrected chi connectivity index (χ0v) is 16.3. The van der Waals surface area contributed by atoms with E-state index >= 15 is 0 Å². The SMILES string of the molecule is C=C(CCCNC(=O)CCC)NCCCNCCCCNCCCN. The first-order valence-electron chi connectivity index (χ1n) is 10.0. The summed E-state index contributed by atoms with van der Waals surface area (Å²) in [7, 11) is 0. The molecule has 0 spiro atoms. The van der Waals surface area contributed by atoms with Crippen molar-refractivity contribution in [3.63, 3.8) is 0 Å². The third kappa shape index (κ3) is 19.1. The molecule has 0 aromatic carbocycles. The highest BCUT2D eigenvalue weighted by molar-refractivity contribution is 5.75. The molecule has 0 aliphatic heterocycles. The van der Waals surface area contributed by atoms with Crippen LogP contribution in [0.1, 0.15) is 58.3 Å². The first kappa shape index (κ1) is 23.9. The average molecular weight is 356 g/mol. The molecule has 0 atom stereocenters. The van der Waals surface area contributed by atoms with Crippen molar-refractivity contribution >= 4 is 5.91 Å². The zero-order chi connectivity index (χ0) is 18.6. The Bertz CT molecular complexity index is 323. The van der Waals surface area contributed by atoms with E-state index in [1.807, 2.05) is 6.92 Å². The average Bonchev–Trinajstić information content (AvgIpc) is 2.60. The smallest absolute Gasteiger partial charge is 0.219 e. The fraction of sp³-hybridized carbons (Fsp3) is 0.842. The van der Waals surface area contributed by atoms with Gasteiger partial charge in [-0.2, -0.15) is 0 Å². The maximum atomic E-state index is 11.3. The molecule has 0 aromatic rings. The van der Waals surface area contributed by atoms with Crippen molar-refractivity contribution in [2.24, 2.45) is 5.73 Å². The van der Waals surface area contributed by atoms with E-state index in [0.717, 1.165) is 83.6 Å². The first-order chi connectivity index (χ1) is 12.2. The number of nitrogens with one attached hydrogen (secondary N) is 4. The van der Waals surface area contributed by atoms with E-state index in [2.05, 4.69) is 27.8 Å². The van der Waals surface area contributed by atoms with Crippen LogP contribution < -0.4 is 27.0 Å². The lowest BCUT2D eigenvalue weighted by Crippen LogP contribution is -2.25. The van der Waals surface area contributed by atoms with Crippen LogP contribution >= 0.6 is 0 Å². The summed E-state index contributed by atoms with van der Waals surface area (Å²) in [6.45, 7) is 12.7. The largest absolute Gasteiger partial charge is 0.389 e. The molecule has 0 heterocycles. The van der Waals surface area contributed by atoms with Gasteiger partial charge in [0, 0.05) is 25.2 Å². The summed E-state index contributed by atoms with van der Waals surface area (Å²) in [5.41, 5.74) is 6.51. The Morgan fingerprint density at radius 3 is 2.04 bits per heavy atom. The van der Waals surface area contributed by atoms with Crippen molar-refractivity contribution in [2.75, 3.05) is 45.8 Å². The van der Waals surface area contributed by atoms with Gasteiger partial charge in [-0.25, -0.2) is 0 Å². The molecule has 0 bridgehead atoms. The Morgan fingerprint density at radius 1 is 0.800 bits per heavy atom. The summed E-state index contributed by atoms with van der Waals surface area (Å²) in [4.78, 5) is 11.3. The number of hydrogen-bond acceptors (Lipinski definition) is 5. The molecule has 0 saturated heterocycles. The number of rotatable bonds is 19. The van der Waals surface area contributed by atoms with Gasteiger partial charge in [-0.1, -0.05) is 13.5 Å². The number of hydrogen-bond donors (Lipinski definition) is 5. The van der Waals surface area contributed by atoms with E-state index in [-0.39, 0.29) is 5.91 Å². The Hall–Kier alpha value is -1.11. The fourth-order valence-electron chi connectivity index (χ4n) is 2.39. The highest BCUT2D eigenvalue weighted by Gasteiger charge is 1.99. The molecule has 0 fully saturated rings. The minimum atomic E-state index is 0.151. The van der Waals surface area contributed by atoms with Gasteiger partial charge in [-0.15, -0.1) is 0 Å². The van der Waals surface area contributed by atoms with Crippen LogP contribution in [0, 0.1) is 0 Å². The van der Waals surface area contributed by atoms with Gasteiger partial charge < -0.3 is 27.0 Å². The van der Waals surface area contributed by atoms with Crippen LogP contribution in [0.25, 0.3) is 0 Å². The standard InChI is InChI=1S/C19H41N5O/c1-3-9-19(25)24-16-6-10-18(2)23-17-8-15-22-13-5-4-12-21-14-7-11-20/h21-23H,2-17,20H2,1H3,(H,24,25). The predicted molar refractivity (Wildman–Crippen MR) is 108 cm³/mol. The molecular weight excluding hydrogens is 314 g/mol. The summed E-state index contributed by atoms with van der Waals surface area (Å²) in [6.07, 6.45) is 7.96. The van der Waals surface area contributed by atoms with Crippen molar-refractivity contribution < 1.29 is 4.79 Å². The number of allylic oxidation sites excluding steroid dienone is 1. The molecular formula is C19H41N5O. The fourth-order valence-corrected chi connectivity index (χ4v) is 2.39. The van der Waals surface area contributed by atoms with Crippen LogP contribution in [-0.4, -0.2) is 51.7 Å². The summed E-state index contributed by atoms with van der Waals surface area (Å²) >= 11 is 0. The second-order valence-electron chi connectivity index (χ2n) is 6.44. The van der Waals surface area contributed by atoms with E-state index < -0.39 is 0 Å². The van der Waals surface area contributed by atoms with Crippen LogP contribution in [0.2, 0.25) is 0 Å². The van der Waals surface area contributed by atoms with Gasteiger partial charge in [0.2, 0.25) is 5.91 Å². The maximum Gasteiger partial charge on any atom is 0.219 e. The number of carbonyl (C=O) groups is 1. The molecule has 148 valence electrons. The minimum Gasteiger partial charge on any atom is -0.389 e. The van der Waals surface area contributed by atoms with E-state index in [9.17, 15) is 4.79 Å². The van der Waals surface area contributed by atoms with Crippen molar-refractivity contribution in [2.45, 2.75) is 58.3 Å². The van der Waals surface area contributed by atoms with Gasteiger partial charge in [0.15, 0.2) is 0 Å². The van der Waals surface area contributed by atoms with Crippen LogP contribution in [0.4, 0.5) is 0 Å². The molecule has 0 aliphatic carbocycles. The Balaban J connectivity index is 3.21. The van der Waals surface area contributed by atoms with Gasteiger partial charge in [-0.3, -0.25) is 4.79 Å². The Morgan fingerprint density at radius 2 is 1.40 bits per heavy atom. The zero-order valence-electron chi connectivity index (χ0n) is 16.3. The van der Waals surface area contributed by atoms with Crippen molar-refractivity contribution in [1.82, 2.24) is 21.3 Å². The molecule has 6 N–H and O–H groups in total. The second kappa shape index (κ2) is 19.2. The highest BCUT2D eigenvalue weighted by atomic mass is 16.1. The normalized spacial score (nSPS) is 10.6. The van der Waals surface area contributed by atoms with E-state index in [1.54, 1.807) is 0 Å². The van der Waals surface area contributed by atoms with Gasteiger partial charge in [0.1, 0.15) is 0 Å². The Kier molecular flexibility index (Phi) is 18.4. The summed E-state index contributed by atoms with van der Waals surface area (Å²) in [5.74, 6) is 0.151. The lowest BCUT2D eigenvalue weighted by molar-refractivity contribution is -0.121.